The maximum atomic E-state index is 10.9. The molecule has 0 bridgehead atoms. The highest BCUT2D eigenvalue weighted by molar-refractivity contribution is 5.84. The zero-order valence-electron chi connectivity index (χ0n) is 14.5. The van der Waals surface area contributed by atoms with E-state index in [2.05, 4.69) is 38.7 Å². The highest BCUT2D eigenvalue weighted by Gasteiger charge is 2.25. The van der Waals surface area contributed by atoms with Crippen LogP contribution < -0.4 is 0 Å². The SMILES string of the molecule is Cc1cc(C)c2c(C(C)(C)C)nn(-c3ccc([N+](=O)[O-])cc3)c2n1. The predicted octanol–water partition coefficient (Wildman–Crippen LogP) is 4.24. The molecule has 0 aliphatic rings. The maximum absolute atomic E-state index is 10.9. The van der Waals surface area contributed by atoms with Crippen LogP contribution in [0.25, 0.3) is 16.7 Å². The molecule has 0 N–H and O–H groups in total. The van der Waals surface area contributed by atoms with Crippen LogP contribution in [-0.2, 0) is 5.41 Å². The second-order valence-corrected chi connectivity index (χ2v) is 7.06. The number of fused-ring (bicyclic) bond motifs is 1. The Morgan fingerprint density at radius 3 is 2.29 bits per heavy atom. The van der Waals surface area contributed by atoms with Gasteiger partial charge in [0.15, 0.2) is 5.65 Å². The molecule has 3 aromatic rings. The standard InChI is InChI=1S/C18H20N4O2/c1-11-10-12(2)19-17-15(11)16(18(3,4)5)20-21(17)13-6-8-14(9-7-13)22(23)24/h6-10H,1-5H3. The third-order valence-corrected chi connectivity index (χ3v) is 3.98. The van der Waals surface area contributed by atoms with Crippen molar-refractivity contribution in [1.29, 1.82) is 0 Å². The Kier molecular flexibility index (Phi) is 3.63. The van der Waals surface area contributed by atoms with Crippen LogP contribution in [0.15, 0.2) is 30.3 Å². The summed E-state index contributed by atoms with van der Waals surface area (Å²) < 4.78 is 1.78. The van der Waals surface area contributed by atoms with Gasteiger partial charge in [-0.1, -0.05) is 20.8 Å². The maximum Gasteiger partial charge on any atom is 0.269 e. The highest BCUT2D eigenvalue weighted by atomic mass is 16.6. The van der Waals surface area contributed by atoms with Gasteiger partial charge in [-0.2, -0.15) is 5.10 Å². The molecular formula is C18H20N4O2. The van der Waals surface area contributed by atoms with E-state index in [1.807, 2.05) is 6.92 Å². The third-order valence-electron chi connectivity index (χ3n) is 3.98. The summed E-state index contributed by atoms with van der Waals surface area (Å²) >= 11 is 0. The Labute approximate surface area is 140 Å². The van der Waals surface area contributed by atoms with Gasteiger partial charge in [0.05, 0.1) is 16.3 Å². The van der Waals surface area contributed by atoms with Crippen molar-refractivity contribution in [2.75, 3.05) is 0 Å². The number of aromatic nitrogens is 3. The van der Waals surface area contributed by atoms with Crippen molar-refractivity contribution in [3.05, 3.63) is 57.4 Å². The van der Waals surface area contributed by atoms with E-state index in [0.29, 0.717) is 0 Å². The monoisotopic (exact) mass is 324 g/mol. The van der Waals surface area contributed by atoms with E-state index in [-0.39, 0.29) is 11.1 Å². The molecule has 0 aliphatic carbocycles. The molecule has 0 fully saturated rings. The number of non-ortho nitro benzene ring substituents is 1. The molecule has 2 aromatic heterocycles. The molecule has 0 radical (unpaired) electrons. The molecule has 0 aliphatic heterocycles. The minimum absolute atomic E-state index is 0.0616. The predicted molar refractivity (Wildman–Crippen MR) is 93.7 cm³/mol. The van der Waals surface area contributed by atoms with Crippen molar-refractivity contribution >= 4 is 16.7 Å². The van der Waals surface area contributed by atoms with Crippen molar-refractivity contribution in [2.45, 2.75) is 40.0 Å². The van der Waals surface area contributed by atoms with E-state index in [0.717, 1.165) is 33.7 Å². The molecule has 0 atom stereocenters. The van der Waals surface area contributed by atoms with Gasteiger partial charge < -0.3 is 0 Å². The van der Waals surface area contributed by atoms with Gasteiger partial charge in [-0.3, -0.25) is 10.1 Å². The first-order chi connectivity index (χ1) is 11.2. The number of nitrogens with zero attached hydrogens (tertiary/aromatic N) is 4. The van der Waals surface area contributed by atoms with Crippen LogP contribution in [0.5, 0.6) is 0 Å². The lowest BCUT2D eigenvalue weighted by Crippen LogP contribution is -2.13. The molecule has 0 saturated carbocycles. The number of nitro groups is 1. The van der Waals surface area contributed by atoms with E-state index in [4.69, 9.17) is 5.10 Å². The number of hydrogen-bond donors (Lipinski definition) is 0. The smallest absolute Gasteiger partial charge is 0.258 e. The Balaban J connectivity index is 2.30. The summed E-state index contributed by atoms with van der Waals surface area (Å²) in [5.74, 6) is 0. The van der Waals surface area contributed by atoms with Gasteiger partial charge in [-0.15, -0.1) is 0 Å². The molecule has 0 amide bonds. The molecule has 124 valence electrons. The van der Waals surface area contributed by atoms with Gasteiger partial charge in [0.1, 0.15) is 0 Å². The van der Waals surface area contributed by atoms with E-state index >= 15 is 0 Å². The molecule has 1 aromatic carbocycles. The second kappa shape index (κ2) is 5.40. The van der Waals surface area contributed by atoms with Crippen LogP contribution in [0.2, 0.25) is 0 Å². The second-order valence-electron chi connectivity index (χ2n) is 7.06. The van der Waals surface area contributed by atoms with Crippen molar-refractivity contribution < 1.29 is 4.92 Å². The van der Waals surface area contributed by atoms with Crippen LogP contribution >= 0.6 is 0 Å². The van der Waals surface area contributed by atoms with Gasteiger partial charge in [0.2, 0.25) is 0 Å². The molecule has 0 saturated heterocycles. The van der Waals surface area contributed by atoms with Gasteiger partial charge in [0, 0.05) is 28.6 Å². The van der Waals surface area contributed by atoms with Gasteiger partial charge in [0.25, 0.3) is 5.69 Å². The zero-order valence-corrected chi connectivity index (χ0v) is 14.5. The summed E-state index contributed by atoms with van der Waals surface area (Å²) in [5.41, 5.74) is 4.50. The van der Waals surface area contributed by atoms with Crippen molar-refractivity contribution in [3.8, 4) is 5.69 Å². The Morgan fingerprint density at radius 2 is 1.75 bits per heavy atom. The molecular weight excluding hydrogens is 304 g/mol. The average molecular weight is 324 g/mol. The first-order valence-corrected chi connectivity index (χ1v) is 7.81. The van der Waals surface area contributed by atoms with Crippen molar-refractivity contribution in [3.63, 3.8) is 0 Å². The van der Waals surface area contributed by atoms with E-state index < -0.39 is 4.92 Å². The summed E-state index contributed by atoms with van der Waals surface area (Å²) in [6, 6.07) is 8.44. The van der Waals surface area contributed by atoms with E-state index in [1.54, 1.807) is 16.8 Å². The molecule has 24 heavy (non-hydrogen) atoms. The Hall–Kier alpha value is -2.76. The van der Waals surface area contributed by atoms with Crippen LogP contribution in [0.1, 0.15) is 37.7 Å². The largest absolute Gasteiger partial charge is 0.269 e. The highest BCUT2D eigenvalue weighted by Crippen LogP contribution is 2.32. The molecule has 2 heterocycles. The van der Waals surface area contributed by atoms with E-state index in [9.17, 15) is 10.1 Å². The third kappa shape index (κ3) is 2.64. The van der Waals surface area contributed by atoms with E-state index in [1.165, 1.54) is 12.1 Å². The fourth-order valence-corrected chi connectivity index (χ4v) is 2.88. The van der Waals surface area contributed by atoms with Gasteiger partial charge in [-0.25, -0.2) is 9.67 Å². The fourth-order valence-electron chi connectivity index (χ4n) is 2.88. The number of nitro benzene ring substituents is 1. The normalized spacial score (nSPS) is 11.9. The number of pyridine rings is 1. The topological polar surface area (TPSA) is 73.8 Å². The first-order valence-electron chi connectivity index (χ1n) is 7.81. The van der Waals surface area contributed by atoms with Crippen LogP contribution in [0.3, 0.4) is 0 Å². The van der Waals surface area contributed by atoms with Crippen LogP contribution in [-0.4, -0.2) is 19.7 Å². The minimum Gasteiger partial charge on any atom is -0.258 e. The number of hydrogen-bond acceptors (Lipinski definition) is 4. The minimum atomic E-state index is -0.405. The number of benzene rings is 1. The summed E-state index contributed by atoms with van der Waals surface area (Å²) in [5, 5.41) is 16.7. The lowest BCUT2D eigenvalue weighted by molar-refractivity contribution is -0.384. The molecule has 6 heteroatoms. The molecule has 0 spiro atoms. The summed E-state index contributed by atoms with van der Waals surface area (Å²) in [7, 11) is 0. The van der Waals surface area contributed by atoms with Crippen LogP contribution in [0.4, 0.5) is 5.69 Å². The molecule has 3 rings (SSSR count). The lowest BCUT2D eigenvalue weighted by atomic mass is 9.89. The number of aryl methyl sites for hydroxylation is 2. The quantitative estimate of drug-likeness (QED) is 0.522. The molecule has 0 unspecified atom stereocenters. The summed E-state index contributed by atoms with van der Waals surface area (Å²) in [6.07, 6.45) is 0. The lowest BCUT2D eigenvalue weighted by Gasteiger charge is -2.16. The van der Waals surface area contributed by atoms with Crippen LogP contribution in [0, 0.1) is 24.0 Å². The average Bonchev–Trinajstić information content (AvgIpc) is 2.87. The van der Waals surface area contributed by atoms with Gasteiger partial charge in [-0.05, 0) is 37.6 Å². The first kappa shape index (κ1) is 16.1. The Morgan fingerprint density at radius 1 is 1.12 bits per heavy atom. The van der Waals surface area contributed by atoms with Gasteiger partial charge >= 0.3 is 0 Å². The summed E-state index contributed by atoms with van der Waals surface area (Å²) in [6.45, 7) is 10.4. The summed E-state index contributed by atoms with van der Waals surface area (Å²) in [4.78, 5) is 15.1. The number of rotatable bonds is 2. The zero-order chi connectivity index (χ0) is 17.6. The fraction of sp³-hybridized carbons (Fsp3) is 0.333. The van der Waals surface area contributed by atoms with Crippen molar-refractivity contribution in [2.24, 2.45) is 0 Å². The molecule has 6 nitrogen and oxygen atoms in total. The Bertz CT molecular complexity index is 934. The van der Waals surface area contributed by atoms with Crippen molar-refractivity contribution in [1.82, 2.24) is 14.8 Å².